The van der Waals surface area contributed by atoms with Crippen LogP contribution >= 0.6 is 0 Å². The summed E-state index contributed by atoms with van der Waals surface area (Å²) in [5.41, 5.74) is 3.03. The summed E-state index contributed by atoms with van der Waals surface area (Å²) in [5.74, 6) is -0.214. The Morgan fingerprint density at radius 1 is 1.39 bits per heavy atom. The summed E-state index contributed by atoms with van der Waals surface area (Å²) in [6, 6.07) is 8.32. The summed E-state index contributed by atoms with van der Waals surface area (Å²) in [5, 5.41) is 9.29. The Hall–Kier alpha value is -2.83. The van der Waals surface area contributed by atoms with Gasteiger partial charge >= 0.3 is 5.97 Å². The van der Waals surface area contributed by atoms with Crippen molar-refractivity contribution in [2.24, 2.45) is 0 Å². The highest BCUT2D eigenvalue weighted by Gasteiger charge is 2.31. The van der Waals surface area contributed by atoms with Crippen molar-refractivity contribution in [3.63, 3.8) is 0 Å². The molecule has 0 radical (unpaired) electrons. The molecule has 1 aliphatic rings. The molecule has 0 amide bonds. The van der Waals surface area contributed by atoms with Gasteiger partial charge in [0.1, 0.15) is 11.4 Å². The third kappa shape index (κ3) is 5.12. The number of rotatable bonds is 5. The first-order chi connectivity index (χ1) is 13.2. The molecule has 7 nitrogen and oxygen atoms in total. The molecule has 0 saturated heterocycles. The lowest BCUT2D eigenvalue weighted by Crippen LogP contribution is -2.21. The number of nitrogens with zero attached hydrogens (tertiary/aromatic N) is 2. The molecule has 7 heteroatoms. The number of imidazole rings is 1. The summed E-state index contributed by atoms with van der Waals surface area (Å²) in [4.78, 5) is 30.7. The zero-order chi connectivity index (χ0) is 20.9. The fourth-order valence-corrected chi connectivity index (χ4v) is 3.16. The molecule has 0 spiro atoms. The van der Waals surface area contributed by atoms with Gasteiger partial charge in [-0.1, -0.05) is 31.5 Å². The molecule has 2 aromatic rings. The number of fused-ring (bicyclic) bond motifs is 1. The Bertz CT molecular complexity index is 823. The molecular formula is C21H29N3O4. The lowest BCUT2D eigenvalue weighted by Gasteiger charge is -2.20. The smallest absolute Gasteiger partial charge is 0.356 e. The van der Waals surface area contributed by atoms with Crippen LogP contribution in [0.3, 0.4) is 0 Å². The molecule has 28 heavy (non-hydrogen) atoms. The standard InChI is InChI=1S/C16H19N3O2.C5H10O2/c1-3-6-11-14(16(20)21)18-15(17-11)13-9-10-7-4-5-8-12(10)19(13)2;1-5(2,3)7-4-6/h4-5,7-8,13H,3,6,9H2,1-2H3,(H,17,18)(H,20,21);4H,1-3H3. The Morgan fingerprint density at radius 2 is 2.07 bits per heavy atom. The van der Waals surface area contributed by atoms with Crippen LogP contribution in [0, 0.1) is 0 Å². The van der Waals surface area contributed by atoms with E-state index < -0.39 is 5.97 Å². The highest BCUT2D eigenvalue weighted by Crippen LogP contribution is 2.38. The van der Waals surface area contributed by atoms with Crippen LogP contribution in [-0.2, 0) is 22.4 Å². The van der Waals surface area contributed by atoms with E-state index in [1.165, 1.54) is 11.3 Å². The highest BCUT2D eigenvalue weighted by molar-refractivity contribution is 5.86. The van der Waals surface area contributed by atoms with Gasteiger partial charge in [-0.2, -0.15) is 0 Å². The van der Waals surface area contributed by atoms with Crippen molar-refractivity contribution in [3.05, 3.63) is 47.0 Å². The average Bonchev–Trinajstić information content (AvgIpc) is 3.17. The minimum absolute atomic E-state index is 0.0751. The van der Waals surface area contributed by atoms with E-state index in [4.69, 9.17) is 0 Å². The predicted octanol–water partition coefficient (Wildman–Crippen LogP) is 3.75. The highest BCUT2D eigenvalue weighted by atomic mass is 16.5. The summed E-state index contributed by atoms with van der Waals surface area (Å²) in [6.45, 7) is 7.95. The van der Waals surface area contributed by atoms with Crippen LogP contribution in [0.5, 0.6) is 0 Å². The maximum absolute atomic E-state index is 11.3. The number of anilines is 1. The lowest BCUT2D eigenvalue weighted by molar-refractivity contribution is -0.138. The Morgan fingerprint density at radius 3 is 2.57 bits per heavy atom. The van der Waals surface area contributed by atoms with Crippen LogP contribution in [0.4, 0.5) is 5.69 Å². The minimum atomic E-state index is -0.959. The van der Waals surface area contributed by atoms with Gasteiger partial charge in [-0.3, -0.25) is 4.79 Å². The molecule has 1 unspecified atom stereocenters. The number of aromatic nitrogens is 2. The molecule has 1 aromatic carbocycles. The third-order valence-electron chi connectivity index (χ3n) is 4.47. The molecule has 2 N–H and O–H groups in total. The van der Waals surface area contributed by atoms with E-state index in [2.05, 4.69) is 31.7 Å². The topological polar surface area (TPSA) is 95.5 Å². The van der Waals surface area contributed by atoms with Crippen LogP contribution in [0.1, 0.15) is 67.7 Å². The fourth-order valence-electron chi connectivity index (χ4n) is 3.16. The van der Waals surface area contributed by atoms with Crippen molar-refractivity contribution < 1.29 is 19.4 Å². The number of H-pyrrole nitrogens is 1. The zero-order valence-corrected chi connectivity index (χ0v) is 17.2. The number of carbonyl (C=O) groups is 2. The monoisotopic (exact) mass is 387 g/mol. The van der Waals surface area contributed by atoms with Gasteiger partial charge in [0.2, 0.25) is 0 Å². The van der Waals surface area contributed by atoms with E-state index in [0.29, 0.717) is 12.9 Å². The van der Waals surface area contributed by atoms with Gasteiger partial charge in [-0.05, 0) is 38.8 Å². The number of aryl methyl sites for hydroxylation is 1. The first-order valence-corrected chi connectivity index (χ1v) is 9.42. The minimum Gasteiger partial charge on any atom is -0.476 e. The van der Waals surface area contributed by atoms with Crippen molar-refractivity contribution in [2.45, 2.75) is 58.6 Å². The van der Waals surface area contributed by atoms with Crippen LogP contribution < -0.4 is 4.90 Å². The largest absolute Gasteiger partial charge is 0.476 e. The van der Waals surface area contributed by atoms with E-state index in [-0.39, 0.29) is 17.3 Å². The number of aromatic carboxylic acids is 1. The summed E-state index contributed by atoms with van der Waals surface area (Å²) < 4.78 is 4.55. The van der Waals surface area contributed by atoms with E-state index >= 15 is 0 Å². The molecule has 152 valence electrons. The quantitative estimate of drug-likeness (QED) is 0.759. The number of nitrogens with one attached hydrogen (secondary N) is 1. The second kappa shape index (κ2) is 8.91. The summed E-state index contributed by atoms with van der Waals surface area (Å²) in [7, 11) is 2.03. The number of carboxylic acid groups (broad SMARTS) is 1. The van der Waals surface area contributed by atoms with Gasteiger partial charge in [0.25, 0.3) is 6.47 Å². The van der Waals surface area contributed by atoms with E-state index in [9.17, 15) is 14.7 Å². The Balaban J connectivity index is 0.000000345. The molecule has 3 rings (SSSR count). The van der Waals surface area contributed by atoms with Crippen molar-refractivity contribution in [1.29, 1.82) is 0 Å². The van der Waals surface area contributed by atoms with Gasteiger partial charge in [-0.25, -0.2) is 9.78 Å². The van der Waals surface area contributed by atoms with Gasteiger partial charge in [0.05, 0.1) is 6.04 Å². The average molecular weight is 387 g/mol. The molecule has 1 aliphatic heterocycles. The molecule has 1 aromatic heterocycles. The fraction of sp³-hybridized carbons (Fsp3) is 0.476. The first-order valence-electron chi connectivity index (χ1n) is 9.42. The van der Waals surface area contributed by atoms with Crippen molar-refractivity contribution in [2.75, 3.05) is 11.9 Å². The van der Waals surface area contributed by atoms with E-state index in [0.717, 1.165) is 24.4 Å². The number of likely N-dealkylation sites (N-methyl/N-ethyl adjacent to an activating group) is 1. The van der Waals surface area contributed by atoms with Crippen molar-refractivity contribution in [1.82, 2.24) is 9.97 Å². The van der Waals surface area contributed by atoms with Gasteiger partial charge in [-0.15, -0.1) is 0 Å². The molecule has 1 atom stereocenters. The van der Waals surface area contributed by atoms with Crippen LogP contribution in [0.2, 0.25) is 0 Å². The van der Waals surface area contributed by atoms with Crippen molar-refractivity contribution >= 4 is 18.1 Å². The number of para-hydroxylation sites is 1. The van der Waals surface area contributed by atoms with Crippen LogP contribution in [0.25, 0.3) is 0 Å². The number of ether oxygens (including phenoxy) is 1. The second-order valence-corrected chi connectivity index (χ2v) is 7.79. The second-order valence-electron chi connectivity index (χ2n) is 7.79. The third-order valence-corrected chi connectivity index (χ3v) is 4.47. The maximum atomic E-state index is 11.3. The lowest BCUT2D eigenvalue weighted by atomic mass is 10.1. The number of carboxylic acids is 1. The number of benzene rings is 1. The maximum Gasteiger partial charge on any atom is 0.356 e. The predicted molar refractivity (Wildman–Crippen MR) is 108 cm³/mol. The molecule has 2 heterocycles. The van der Waals surface area contributed by atoms with Gasteiger partial charge in [0, 0.05) is 24.8 Å². The summed E-state index contributed by atoms with van der Waals surface area (Å²) in [6.07, 6.45) is 2.45. The molecule has 0 aliphatic carbocycles. The van der Waals surface area contributed by atoms with Crippen LogP contribution in [-0.4, -0.2) is 40.2 Å². The Labute approximate surface area is 165 Å². The SMILES string of the molecule is CC(C)(C)OC=O.CCCc1[nH]c(C2Cc3ccccc3N2C)nc1C(=O)O. The van der Waals surface area contributed by atoms with E-state index in [1.54, 1.807) is 0 Å². The van der Waals surface area contributed by atoms with Crippen LogP contribution in [0.15, 0.2) is 24.3 Å². The normalized spacial score (nSPS) is 15.5. The molecule has 0 fully saturated rings. The molecule has 0 saturated carbocycles. The van der Waals surface area contributed by atoms with Gasteiger partial charge in [0.15, 0.2) is 5.69 Å². The van der Waals surface area contributed by atoms with E-state index in [1.807, 2.05) is 46.9 Å². The van der Waals surface area contributed by atoms with Crippen molar-refractivity contribution in [3.8, 4) is 0 Å². The summed E-state index contributed by atoms with van der Waals surface area (Å²) >= 11 is 0. The zero-order valence-electron chi connectivity index (χ0n) is 17.2. The number of hydrogen-bond acceptors (Lipinski definition) is 5. The van der Waals surface area contributed by atoms with Gasteiger partial charge < -0.3 is 19.7 Å². The number of carbonyl (C=O) groups excluding carboxylic acids is 1. The number of hydrogen-bond donors (Lipinski definition) is 2. The Kier molecular flexibility index (Phi) is 6.83. The number of aromatic amines is 1. The molecule has 0 bridgehead atoms. The molecular weight excluding hydrogens is 358 g/mol. The first kappa shape index (κ1) is 21.5.